The van der Waals surface area contributed by atoms with Crippen molar-refractivity contribution in [2.45, 2.75) is 17.2 Å². The van der Waals surface area contributed by atoms with Crippen LogP contribution >= 0.6 is 12.6 Å². The zero-order valence-corrected chi connectivity index (χ0v) is 9.34. The van der Waals surface area contributed by atoms with Gasteiger partial charge in [0.25, 0.3) is 0 Å². The quantitative estimate of drug-likeness (QED) is 0.633. The van der Waals surface area contributed by atoms with E-state index in [4.69, 9.17) is 0 Å². The number of hydrogen-bond acceptors (Lipinski definition) is 3. The molecule has 15 heavy (non-hydrogen) atoms. The first-order valence-corrected chi connectivity index (χ1v) is 5.03. The van der Waals surface area contributed by atoms with E-state index in [-0.39, 0.29) is 6.42 Å². The highest BCUT2D eigenvalue weighted by atomic mass is 32.1. The predicted molar refractivity (Wildman–Crippen MR) is 59.0 cm³/mol. The summed E-state index contributed by atoms with van der Waals surface area (Å²) in [7, 11) is 1.30. The third-order valence-electron chi connectivity index (χ3n) is 2.19. The SMILES string of the molecule is COC(=O)CC(CF)c1ccc(S)cc1. The van der Waals surface area contributed by atoms with Crippen molar-refractivity contribution in [3.63, 3.8) is 0 Å². The van der Waals surface area contributed by atoms with Gasteiger partial charge in [-0.05, 0) is 17.7 Å². The Morgan fingerprint density at radius 3 is 2.53 bits per heavy atom. The maximum Gasteiger partial charge on any atom is 0.306 e. The number of carbonyl (C=O) groups is 1. The molecule has 0 radical (unpaired) electrons. The fourth-order valence-electron chi connectivity index (χ4n) is 1.29. The van der Waals surface area contributed by atoms with Gasteiger partial charge >= 0.3 is 5.97 Å². The van der Waals surface area contributed by atoms with E-state index in [1.54, 1.807) is 24.3 Å². The smallest absolute Gasteiger partial charge is 0.306 e. The van der Waals surface area contributed by atoms with Gasteiger partial charge in [-0.3, -0.25) is 9.18 Å². The second kappa shape index (κ2) is 5.75. The van der Waals surface area contributed by atoms with E-state index in [0.29, 0.717) is 0 Å². The summed E-state index contributed by atoms with van der Waals surface area (Å²) in [4.78, 5) is 11.8. The number of alkyl halides is 1. The minimum atomic E-state index is -0.568. The molecule has 0 N–H and O–H groups in total. The molecule has 0 bridgehead atoms. The Bertz CT molecular complexity index is 324. The lowest BCUT2D eigenvalue weighted by Gasteiger charge is -2.12. The van der Waals surface area contributed by atoms with Gasteiger partial charge in [-0.25, -0.2) is 0 Å². The van der Waals surface area contributed by atoms with Crippen LogP contribution in [0.4, 0.5) is 4.39 Å². The van der Waals surface area contributed by atoms with Crippen molar-refractivity contribution < 1.29 is 13.9 Å². The van der Waals surface area contributed by atoms with E-state index in [2.05, 4.69) is 17.4 Å². The normalized spacial score (nSPS) is 12.2. The van der Waals surface area contributed by atoms with Crippen LogP contribution in [0.5, 0.6) is 0 Å². The van der Waals surface area contributed by atoms with Crippen molar-refractivity contribution in [1.29, 1.82) is 0 Å². The van der Waals surface area contributed by atoms with E-state index in [9.17, 15) is 9.18 Å². The second-order valence-corrected chi connectivity index (χ2v) is 3.74. The van der Waals surface area contributed by atoms with Crippen LogP contribution in [0.1, 0.15) is 17.9 Å². The number of ether oxygens (including phenoxy) is 1. The molecule has 1 aromatic carbocycles. The van der Waals surface area contributed by atoms with E-state index >= 15 is 0 Å². The van der Waals surface area contributed by atoms with Gasteiger partial charge in [-0.1, -0.05) is 12.1 Å². The molecule has 1 unspecified atom stereocenters. The van der Waals surface area contributed by atoms with Crippen LogP contribution < -0.4 is 0 Å². The van der Waals surface area contributed by atoms with Crippen LogP contribution in [0.3, 0.4) is 0 Å². The van der Waals surface area contributed by atoms with Gasteiger partial charge in [0.2, 0.25) is 0 Å². The van der Waals surface area contributed by atoms with Crippen molar-refractivity contribution in [2.75, 3.05) is 13.8 Å². The van der Waals surface area contributed by atoms with E-state index in [1.165, 1.54) is 7.11 Å². The third kappa shape index (κ3) is 3.55. The molecular formula is C11H13FO2S. The molecule has 0 aliphatic rings. The summed E-state index contributed by atoms with van der Waals surface area (Å²) >= 11 is 4.13. The molecule has 1 atom stereocenters. The van der Waals surface area contributed by atoms with Gasteiger partial charge in [0, 0.05) is 10.8 Å². The number of halogens is 1. The molecule has 0 aromatic heterocycles. The molecule has 4 heteroatoms. The zero-order valence-electron chi connectivity index (χ0n) is 8.44. The average Bonchev–Trinajstić information content (AvgIpc) is 2.27. The largest absolute Gasteiger partial charge is 0.469 e. The molecule has 0 saturated heterocycles. The number of carbonyl (C=O) groups excluding carboxylic acids is 1. The summed E-state index contributed by atoms with van der Waals surface area (Å²) in [6.07, 6.45) is 0.0684. The van der Waals surface area contributed by atoms with E-state index in [1.807, 2.05) is 0 Å². The number of rotatable bonds is 4. The lowest BCUT2D eigenvalue weighted by molar-refractivity contribution is -0.141. The number of hydrogen-bond donors (Lipinski definition) is 1. The lowest BCUT2D eigenvalue weighted by Crippen LogP contribution is -2.10. The molecule has 0 aliphatic carbocycles. The van der Waals surface area contributed by atoms with Crippen molar-refractivity contribution in [3.8, 4) is 0 Å². The highest BCUT2D eigenvalue weighted by Crippen LogP contribution is 2.22. The van der Waals surface area contributed by atoms with Crippen LogP contribution in [-0.4, -0.2) is 19.8 Å². The van der Waals surface area contributed by atoms with Crippen LogP contribution in [0.15, 0.2) is 29.2 Å². The first kappa shape index (κ1) is 12.0. The lowest BCUT2D eigenvalue weighted by atomic mass is 9.97. The minimum absolute atomic E-state index is 0.0684. The van der Waals surface area contributed by atoms with Gasteiger partial charge in [0.1, 0.15) is 0 Å². The molecule has 2 nitrogen and oxygen atoms in total. The third-order valence-corrected chi connectivity index (χ3v) is 2.49. The van der Waals surface area contributed by atoms with Gasteiger partial charge in [0.05, 0.1) is 20.2 Å². The Balaban J connectivity index is 2.74. The first-order valence-electron chi connectivity index (χ1n) is 4.59. The molecule has 0 fully saturated rings. The number of benzene rings is 1. The van der Waals surface area contributed by atoms with Crippen molar-refractivity contribution >= 4 is 18.6 Å². The van der Waals surface area contributed by atoms with Crippen molar-refractivity contribution in [2.24, 2.45) is 0 Å². The van der Waals surface area contributed by atoms with Crippen molar-refractivity contribution in [1.82, 2.24) is 0 Å². The highest BCUT2D eigenvalue weighted by molar-refractivity contribution is 7.80. The Morgan fingerprint density at radius 2 is 2.07 bits per heavy atom. The standard InChI is InChI=1S/C11H13FO2S/c1-14-11(13)6-9(7-12)8-2-4-10(15)5-3-8/h2-5,9,15H,6-7H2,1H3. The molecule has 0 spiro atoms. The van der Waals surface area contributed by atoms with Gasteiger partial charge < -0.3 is 4.74 Å². The summed E-state index contributed by atoms with van der Waals surface area (Å²) in [5.41, 5.74) is 0.792. The Labute approximate surface area is 93.9 Å². The van der Waals surface area contributed by atoms with Crippen LogP contribution in [0, 0.1) is 0 Å². The molecule has 82 valence electrons. The maximum absolute atomic E-state index is 12.7. The predicted octanol–water partition coefficient (Wildman–Crippen LogP) is 2.59. The molecule has 0 heterocycles. The second-order valence-electron chi connectivity index (χ2n) is 3.22. The fourth-order valence-corrected chi connectivity index (χ4v) is 1.44. The number of thiol groups is 1. The van der Waals surface area contributed by atoms with Gasteiger partial charge in [0.15, 0.2) is 0 Å². The van der Waals surface area contributed by atoms with Crippen LogP contribution in [0.25, 0.3) is 0 Å². The molecule has 0 aliphatic heterocycles. The van der Waals surface area contributed by atoms with Crippen LogP contribution in [-0.2, 0) is 9.53 Å². The van der Waals surface area contributed by atoms with Crippen LogP contribution in [0.2, 0.25) is 0 Å². The molecular weight excluding hydrogens is 215 g/mol. The molecule has 1 rings (SSSR count). The number of esters is 1. The topological polar surface area (TPSA) is 26.3 Å². The highest BCUT2D eigenvalue weighted by Gasteiger charge is 2.16. The summed E-state index contributed by atoms with van der Waals surface area (Å²) in [5.74, 6) is -0.820. The fraction of sp³-hybridized carbons (Fsp3) is 0.364. The average molecular weight is 228 g/mol. The summed E-state index contributed by atoms with van der Waals surface area (Å²) in [5, 5.41) is 0. The summed E-state index contributed by atoms with van der Waals surface area (Å²) < 4.78 is 17.2. The number of methoxy groups -OCH3 is 1. The van der Waals surface area contributed by atoms with E-state index in [0.717, 1.165) is 10.5 Å². The van der Waals surface area contributed by atoms with Crippen molar-refractivity contribution in [3.05, 3.63) is 29.8 Å². The maximum atomic E-state index is 12.7. The Kier molecular flexibility index (Phi) is 4.62. The van der Waals surface area contributed by atoms with Gasteiger partial charge in [-0.2, -0.15) is 0 Å². The summed E-state index contributed by atoms with van der Waals surface area (Å²) in [6.45, 7) is -0.568. The first-order chi connectivity index (χ1) is 7.17. The monoisotopic (exact) mass is 228 g/mol. The zero-order chi connectivity index (χ0) is 11.3. The Morgan fingerprint density at radius 1 is 1.47 bits per heavy atom. The minimum Gasteiger partial charge on any atom is -0.469 e. The van der Waals surface area contributed by atoms with E-state index < -0.39 is 18.6 Å². The van der Waals surface area contributed by atoms with Gasteiger partial charge in [-0.15, -0.1) is 12.6 Å². The molecule has 1 aromatic rings. The molecule has 0 amide bonds. The molecule has 0 saturated carbocycles. The Hall–Kier alpha value is -1.03. The summed E-state index contributed by atoms with van der Waals surface area (Å²) in [6, 6.07) is 7.10.